The summed E-state index contributed by atoms with van der Waals surface area (Å²) in [6.07, 6.45) is -1.11. The molecule has 0 aromatic heterocycles. The van der Waals surface area contributed by atoms with Crippen molar-refractivity contribution >= 4 is 35.8 Å². The molecule has 0 aliphatic rings. The molecule has 0 N–H and O–H groups in total. The summed E-state index contributed by atoms with van der Waals surface area (Å²) in [5.74, 6) is -8.60. The van der Waals surface area contributed by atoms with Gasteiger partial charge in [0.1, 0.15) is 0 Å². The van der Waals surface area contributed by atoms with Gasteiger partial charge in [0.2, 0.25) is 0 Å². The lowest BCUT2D eigenvalue weighted by Gasteiger charge is -2.21. The summed E-state index contributed by atoms with van der Waals surface area (Å²) in [7, 11) is 0. The molecule has 9 nitrogen and oxygen atoms in total. The molecule has 0 amide bonds. The zero-order chi connectivity index (χ0) is 27.5. The molecule has 0 saturated carbocycles. The minimum atomic E-state index is -3.19. The van der Waals surface area contributed by atoms with Crippen LogP contribution in [-0.4, -0.2) is 35.8 Å². The van der Waals surface area contributed by atoms with Crippen LogP contribution in [0.4, 0.5) is 0 Å². The van der Waals surface area contributed by atoms with Crippen LogP contribution < -0.4 is 0 Å². The van der Waals surface area contributed by atoms with E-state index >= 15 is 0 Å². The molecule has 3 rings (SSSR count). The average molecular weight is 515 g/mol. The first kappa shape index (κ1) is 27.7. The van der Waals surface area contributed by atoms with E-state index in [-0.39, 0.29) is 19.3 Å². The van der Waals surface area contributed by atoms with Gasteiger partial charge in [-0.25, -0.2) is 14.4 Å². The van der Waals surface area contributed by atoms with Gasteiger partial charge < -0.3 is 14.2 Å². The van der Waals surface area contributed by atoms with E-state index in [1.807, 2.05) is 0 Å². The fourth-order valence-electron chi connectivity index (χ4n) is 3.22. The number of esters is 6. The van der Waals surface area contributed by atoms with Crippen molar-refractivity contribution in [2.24, 2.45) is 5.41 Å². The van der Waals surface area contributed by atoms with E-state index in [1.165, 1.54) is 0 Å². The largest absolute Gasteiger partial charge is 0.392 e. The molecule has 0 fully saturated rings. The monoisotopic (exact) mass is 515 g/mol. The molecule has 0 aliphatic heterocycles. The summed E-state index contributed by atoms with van der Waals surface area (Å²) in [6, 6.07) is 24.6. The molecule has 3 aromatic rings. The van der Waals surface area contributed by atoms with Crippen molar-refractivity contribution in [1.82, 2.24) is 0 Å². The first-order valence-electron chi connectivity index (χ1n) is 11.4. The topological polar surface area (TPSA) is 130 Å². The maximum Gasteiger partial charge on any atom is 0.342 e. The number of carbonyl (C=O) groups excluding carboxylic acids is 6. The number of rotatable bonds is 9. The average Bonchev–Trinajstić information content (AvgIpc) is 2.89. The highest BCUT2D eigenvalue weighted by Gasteiger charge is 2.55. The minimum Gasteiger partial charge on any atom is -0.392 e. The van der Waals surface area contributed by atoms with Crippen molar-refractivity contribution in [2.75, 3.05) is 0 Å². The van der Waals surface area contributed by atoms with Gasteiger partial charge in [0.15, 0.2) is 0 Å². The highest BCUT2D eigenvalue weighted by molar-refractivity contribution is 6.22. The predicted molar refractivity (Wildman–Crippen MR) is 132 cm³/mol. The highest BCUT2D eigenvalue weighted by atomic mass is 16.6. The second-order valence-corrected chi connectivity index (χ2v) is 8.18. The van der Waals surface area contributed by atoms with Crippen LogP contribution in [0.2, 0.25) is 0 Å². The Morgan fingerprint density at radius 3 is 0.947 bits per heavy atom. The highest BCUT2D eigenvalue weighted by Crippen LogP contribution is 2.24. The third kappa shape index (κ3) is 7.54. The van der Waals surface area contributed by atoms with Crippen LogP contribution in [0.3, 0.4) is 0 Å². The van der Waals surface area contributed by atoms with E-state index in [2.05, 4.69) is 6.92 Å². The number of ether oxygens (including phenoxy) is 3. The van der Waals surface area contributed by atoms with Crippen molar-refractivity contribution in [3.8, 4) is 0 Å². The standard InChI is InChI=1S/C29H23O9/c1-29(26(33)36-23(30)17-20-11-5-2-6-12-20,27(34)37-24(31)18-21-13-7-3-8-14-21)28(35)38-25(32)19-22-15-9-4-10-16-22/h2-16H,1,17-19H2. The van der Waals surface area contributed by atoms with Crippen molar-refractivity contribution in [3.63, 3.8) is 0 Å². The number of benzene rings is 3. The van der Waals surface area contributed by atoms with E-state index in [0.717, 1.165) is 0 Å². The maximum absolute atomic E-state index is 12.9. The van der Waals surface area contributed by atoms with Crippen LogP contribution in [0.25, 0.3) is 0 Å². The zero-order valence-electron chi connectivity index (χ0n) is 20.2. The van der Waals surface area contributed by atoms with Gasteiger partial charge >= 0.3 is 35.8 Å². The normalized spacial score (nSPS) is 10.7. The van der Waals surface area contributed by atoms with Gasteiger partial charge in [0.25, 0.3) is 5.41 Å². The molecule has 0 unspecified atom stereocenters. The van der Waals surface area contributed by atoms with Gasteiger partial charge in [-0.3, -0.25) is 14.4 Å². The Morgan fingerprint density at radius 2 is 0.711 bits per heavy atom. The van der Waals surface area contributed by atoms with Gasteiger partial charge in [-0.2, -0.15) is 0 Å². The smallest absolute Gasteiger partial charge is 0.342 e. The Hall–Kier alpha value is -4.92. The van der Waals surface area contributed by atoms with Crippen molar-refractivity contribution in [2.45, 2.75) is 19.3 Å². The fourth-order valence-corrected chi connectivity index (χ4v) is 3.22. The molecule has 0 aliphatic carbocycles. The van der Waals surface area contributed by atoms with Crippen LogP contribution in [0.5, 0.6) is 0 Å². The summed E-state index contributed by atoms with van der Waals surface area (Å²) in [5, 5.41) is 0. The lowest BCUT2D eigenvalue weighted by Crippen LogP contribution is -2.49. The number of hydrogen-bond donors (Lipinski definition) is 0. The second kappa shape index (κ2) is 12.9. The summed E-state index contributed by atoms with van der Waals surface area (Å²) < 4.78 is 14.1. The van der Waals surface area contributed by atoms with Crippen LogP contribution in [0.15, 0.2) is 91.0 Å². The minimum absolute atomic E-state index is 0.368. The summed E-state index contributed by atoms with van der Waals surface area (Å²) in [5.41, 5.74) is -1.73. The molecular formula is C29H23O9. The third-order valence-electron chi connectivity index (χ3n) is 5.24. The molecule has 38 heavy (non-hydrogen) atoms. The zero-order valence-corrected chi connectivity index (χ0v) is 20.2. The van der Waals surface area contributed by atoms with Gasteiger partial charge in [0, 0.05) is 0 Å². The SMILES string of the molecule is [CH2]C(C(=O)OC(=O)Cc1ccccc1)(C(=O)OC(=O)Cc1ccccc1)C(=O)OC(=O)Cc1ccccc1. The van der Waals surface area contributed by atoms with Gasteiger partial charge in [-0.1, -0.05) is 91.0 Å². The van der Waals surface area contributed by atoms with E-state index in [4.69, 9.17) is 14.2 Å². The van der Waals surface area contributed by atoms with E-state index in [9.17, 15) is 28.8 Å². The van der Waals surface area contributed by atoms with Crippen molar-refractivity contribution in [1.29, 1.82) is 0 Å². The molecule has 0 heterocycles. The first-order chi connectivity index (χ1) is 18.2. The van der Waals surface area contributed by atoms with Crippen LogP contribution >= 0.6 is 0 Å². The van der Waals surface area contributed by atoms with Crippen molar-refractivity contribution in [3.05, 3.63) is 115 Å². The van der Waals surface area contributed by atoms with Crippen LogP contribution in [-0.2, 0) is 62.2 Å². The maximum atomic E-state index is 12.9. The predicted octanol–water partition coefficient (Wildman–Crippen LogP) is 2.74. The lowest BCUT2D eigenvalue weighted by molar-refractivity contribution is -0.183. The Labute approximate surface area is 218 Å². The summed E-state index contributed by atoms with van der Waals surface area (Å²) in [6.45, 7) is 3.27. The molecule has 193 valence electrons. The molecular weight excluding hydrogens is 492 g/mol. The second-order valence-electron chi connectivity index (χ2n) is 8.18. The van der Waals surface area contributed by atoms with E-state index < -0.39 is 41.2 Å². The molecule has 9 heteroatoms. The Morgan fingerprint density at radius 1 is 0.474 bits per heavy atom. The summed E-state index contributed by atoms with van der Waals surface area (Å²) in [4.78, 5) is 75.7. The Balaban J connectivity index is 1.77. The Bertz CT molecular complexity index is 1150. The molecule has 1 radical (unpaired) electrons. The Kier molecular flexibility index (Phi) is 9.37. The first-order valence-corrected chi connectivity index (χ1v) is 11.4. The molecule has 0 bridgehead atoms. The fraction of sp³-hybridized carbons (Fsp3) is 0.138. The molecule has 3 aromatic carbocycles. The van der Waals surface area contributed by atoms with Crippen molar-refractivity contribution < 1.29 is 43.0 Å². The quantitative estimate of drug-likeness (QED) is 0.240. The summed E-state index contributed by atoms with van der Waals surface area (Å²) >= 11 is 0. The third-order valence-corrected chi connectivity index (χ3v) is 5.24. The van der Waals surface area contributed by atoms with Gasteiger partial charge in [0.05, 0.1) is 19.3 Å². The molecule has 0 saturated heterocycles. The van der Waals surface area contributed by atoms with E-state index in [0.29, 0.717) is 16.7 Å². The number of hydrogen-bond acceptors (Lipinski definition) is 9. The lowest BCUT2D eigenvalue weighted by atomic mass is 9.91. The van der Waals surface area contributed by atoms with E-state index in [1.54, 1.807) is 91.0 Å². The molecule has 0 atom stereocenters. The van der Waals surface area contributed by atoms with Crippen LogP contribution in [0, 0.1) is 12.3 Å². The molecule has 0 spiro atoms. The number of carbonyl (C=O) groups is 6. The van der Waals surface area contributed by atoms with Gasteiger partial charge in [-0.15, -0.1) is 0 Å². The van der Waals surface area contributed by atoms with Gasteiger partial charge in [-0.05, 0) is 23.6 Å². The van der Waals surface area contributed by atoms with Crippen LogP contribution in [0.1, 0.15) is 16.7 Å².